The lowest BCUT2D eigenvalue weighted by molar-refractivity contribution is -0.126. The minimum absolute atomic E-state index is 0.0903. The summed E-state index contributed by atoms with van der Waals surface area (Å²) >= 11 is 0. The van der Waals surface area contributed by atoms with E-state index >= 15 is 0 Å². The summed E-state index contributed by atoms with van der Waals surface area (Å²) in [6.45, 7) is 4.25. The number of benzene rings is 1. The van der Waals surface area contributed by atoms with Crippen LogP contribution in [-0.4, -0.2) is 30.7 Å². The predicted molar refractivity (Wildman–Crippen MR) is 77.4 cm³/mol. The van der Waals surface area contributed by atoms with Crippen LogP contribution in [0.1, 0.15) is 30.9 Å². The molecule has 1 aromatic rings. The molecular weight excluding hydrogens is 252 g/mol. The van der Waals surface area contributed by atoms with Gasteiger partial charge in [0.05, 0.1) is 18.2 Å². The largest absolute Gasteiger partial charge is 0.379 e. The van der Waals surface area contributed by atoms with Crippen LogP contribution >= 0.6 is 0 Å². The van der Waals surface area contributed by atoms with E-state index in [4.69, 9.17) is 4.74 Å². The quantitative estimate of drug-likeness (QED) is 0.857. The molecule has 2 N–H and O–H groups in total. The number of rotatable bonds is 2. The molecule has 20 heavy (non-hydrogen) atoms. The first-order valence-corrected chi connectivity index (χ1v) is 7.36. The SMILES string of the molecule is CC1(NC(=O)[C@H]2Cc3ccccc3CN2)CCCOC1. The molecule has 4 heteroatoms. The molecular formula is C16H22N2O2. The van der Waals surface area contributed by atoms with E-state index in [0.717, 1.165) is 32.4 Å². The number of hydrogen-bond donors (Lipinski definition) is 2. The van der Waals surface area contributed by atoms with Crippen molar-refractivity contribution in [1.82, 2.24) is 10.6 Å². The summed E-state index contributed by atoms with van der Waals surface area (Å²) in [5.41, 5.74) is 2.36. The van der Waals surface area contributed by atoms with Gasteiger partial charge in [0, 0.05) is 13.2 Å². The second-order valence-corrected chi connectivity index (χ2v) is 6.11. The van der Waals surface area contributed by atoms with Crippen LogP contribution in [0.4, 0.5) is 0 Å². The summed E-state index contributed by atoms with van der Waals surface area (Å²) in [5.74, 6) is 0.0903. The molecule has 1 aromatic carbocycles. The third kappa shape index (κ3) is 2.86. The van der Waals surface area contributed by atoms with E-state index < -0.39 is 0 Å². The molecule has 0 spiro atoms. The third-order valence-corrected chi connectivity index (χ3v) is 4.26. The first-order valence-electron chi connectivity index (χ1n) is 7.36. The molecule has 2 heterocycles. The zero-order valence-electron chi connectivity index (χ0n) is 11.9. The second kappa shape index (κ2) is 5.54. The highest BCUT2D eigenvalue weighted by atomic mass is 16.5. The summed E-state index contributed by atoms with van der Waals surface area (Å²) in [6.07, 6.45) is 2.76. The molecule has 0 saturated carbocycles. The lowest BCUT2D eigenvalue weighted by atomic mass is 9.92. The van der Waals surface area contributed by atoms with E-state index in [9.17, 15) is 4.79 Å². The Bertz CT molecular complexity index is 495. The predicted octanol–water partition coefficient (Wildman–Crippen LogP) is 1.39. The molecule has 1 unspecified atom stereocenters. The molecule has 0 bridgehead atoms. The van der Waals surface area contributed by atoms with Gasteiger partial charge in [-0.3, -0.25) is 4.79 Å². The van der Waals surface area contributed by atoms with Gasteiger partial charge in [-0.2, -0.15) is 0 Å². The lowest BCUT2D eigenvalue weighted by Gasteiger charge is -2.36. The van der Waals surface area contributed by atoms with E-state index in [1.54, 1.807) is 0 Å². The molecule has 1 saturated heterocycles. The summed E-state index contributed by atoms with van der Waals surface area (Å²) < 4.78 is 5.49. The van der Waals surface area contributed by atoms with Crippen molar-refractivity contribution >= 4 is 5.91 Å². The fourth-order valence-corrected chi connectivity index (χ4v) is 3.06. The molecule has 2 atom stereocenters. The third-order valence-electron chi connectivity index (χ3n) is 4.26. The average Bonchev–Trinajstić information content (AvgIpc) is 2.47. The Morgan fingerprint density at radius 2 is 2.20 bits per heavy atom. The van der Waals surface area contributed by atoms with Gasteiger partial charge >= 0.3 is 0 Å². The Morgan fingerprint density at radius 1 is 1.40 bits per heavy atom. The number of fused-ring (bicyclic) bond motifs is 1. The second-order valence-electron chi connectivity index (χ2n) is 6.11. The molecule has 3 rings (SSSR count). The van der Waals surface area contributed by atoms with Crippen molar-refractivity contribution in [3.05, 3.63) is 35.4 Å². The highest BCUT2D eigenvalue weighted by Crippen LogP contribution is 2.20. The molecule has 1 amide bonds. The Labute approximate surface area is 119 Å². The molecule has 1 fully saturated rings. The lowest BCUT2D eigenvalue weighted by Crippen LogP contribution is -2.57. The molecule has 2 aliphatic rings. The maximum Gasteiger partial charge on any atom is 0.237 e. The minimum Gasteiger partial charge on any atom is -0.379 e. The zero-order valence-corrected chi connectivity index (χ0v) is 11.9. The average molecular weight is 274 g/mol. The van der Waals surface area contributed by atoms with Gasteiger partial charge in [-0.15, -0.1) is 0 Å². The van der Waals surface area contributed by atoms with Gasteiger partial charge in [0.2, 0.25) is 5.91 Å². The first-order chi connectivity index (χ1) is 9.66. The van der Waals surface area contributed by atoms with E-state index in [2.05, 4.69) is 29.7 Å². The fraction of sp³-hybridized carbons (Fsp3) is 0.562. The summed E-state index contributed by atoms with van der Waals surface area (Å²) in [7, 11) is 0. The monoisotopic (exact) mass is 274 g/mol. The Morgan fingerprint density at radius 3 is 2.95 bits per heavy atom. The van der Waals surface area contributed by atoms with Crippen LogP contribution in [0.25, 0.3) is 0 Å². The summed E-state index contributed by atoms with van der Waals surface area (Å²) in [4.78, 5) is 12.5. The summed E-state index contributed by atoms with van der Waals surface area (Å²) in [6, 6.07) is 8.18. The molecule has 108 valence electrons. The molecule has 0 aromatic heterocycles. The van der Waals surface area contributed by atoms with Gasteiger partial charge in [0.25, 0.3) is 0 Å². The van der Waals surface area contributed by atoms with Crippen LogP contribution in [0.5, 0.6) is 0 Å². The number of hydrogen-bond acceptors (Lipinski definition) is 3. The van der Waals surface area contributed by atoms with Gasteiger partial charge in [0.15, 0.2) is 0 Å². The van der Waals surface area contributed by atoms with Crippen molar-refractivity contribution in [2.24, 2.45) is 0 Å². The highest BCUT2D eigenvalue weighted by Gasteiger charge is 2.32. The van der Waals surface area contributed by atoms with Gasteiger partial charge < -0.3 is 15.4 Å². The van der Waals surface area contributed by atoms with Crippen molar-refractivity contribution in [2.75, 3.05) is 13.2 Å². The molecule has 4 nitrogen and oxygen atoms in total. The molecule has 2 aliphatic heterocycles. The Kier molecular flexibility index (Phi) is 3.76. The number of carbonyl (C=O) groups excluding carboxylic acids is 1. The highest BCUT2D eigenvalue weighted by molar-refractivity contribution is 5.83. The standard InChI is InChI=1S/C16H22N2O2/c1-16(7-4-8-20-11-16)18-15(19)14-9-12-5-2-3-6-13(12)10-17-14/h2-3,5-6,14,17H,4,7-11H2,1H3,(H,18,19)/t14-,16?/m1/s1. The number of nitrogens with one attached hydrogen (secondary N) is 2. The normalized spacial score (nSPS) is 29.6. The Hall–Kier alpha value is -1.39. The molecule has 0 radical (unpaired) electrons. The van der Waals surface area contributed by atoms with E-state index in [1.165, 1.54) is 11.1 Å². The van der Waals surface area contributed by atoms with Crippen LogP contribution in [0.3, 0.4) is 0 Å². The molecule has 0 aliphatic carbocycles. The first kappa shape index (κ1) is 13.6. The maximum atomic E-state index is 12.5. The van der Waals surface area contributed by atoms with Crippen LogP contribution < -0.4 is 10.6 Å². The van der Waals surface area contributed by atoms with Crippen LogP contribution in [0, 0.1) is 0 Å². The van der Waals surface area contributed by atoms with Gasteiger partial charge in [-0.1, -0.05) is 24.3 Å². The number of carbonyl (C=O) groups is 1. The van der Waals surface area contributed by atoms with Crippen molar-refractivity contribution in [2.45, 2.75) is 44.3 Å². The smallest absolute Gasteiger partial charge is 0.237 e. The van der Waals surface area contributed by atoms with E-state index in [0.29, 0.717) is 6.61 Å². The van der Waals surface area contributed by atoms with E-state index in [-0.39, 0.29) is 17.5 Å². The minimum atomic E-state index is -0.214. The topological polar surface area (TPSA) is 50.4 Å². The van der Waals surface area contributed by atoms with Crippen LogP contribution in [0.2, 0.25) is 0 Å². The maximum absolute atomic E-state index is 12.5. The van der Waals surface area contributed by atoms with Gasteiger partial charge in [-0.25, -0.2) is 0 Å². The van der Waals surface area contributed by atoms with E-state index in [1.807, 2.05) is 12.1 Å². The van der Waals surface area contributed by atoms with Crippen molar-refractivity contribution < 1.29 is 9.53 Å². The van der Waals surface area contributed by atoms with Crippen molar-refractivity contribution in [3.8, 4) is 0 Å². The van der Waals surface area contributed by atoms with Crippen molar-refractivity contribution in [1.29, 1.82) is 0 Å². The zero-order chi connectivity index (χ0) is 14.0. The van der Waals surface area contributed by atoms with Crippen molar-refractivity contribution in [3.63, 3.8) is 0 Å². The number of ether oxygens (including phenoxy) is 1. The van der Waals surface area contributed by atoms with Gasteiger partial charge in [-0.05, 0) is 37.3 Å². The van der Waals surface area contributed by atoms with Crippen LogP contribution in [0.15, 0.2) is 24.3 Å². The van der Waals surface area contributed by atoms with Crippen LogP contribution in [-0.2, 0) is 22.5 Å². The van der Waals surface area contributed by atoms with Gasteiger partial charge in [0.1, 0.15) is 0 Å². The Balaban J connectivity index is 1.64. The fourth-order valence-electron chi connectivity index (χ4n) is 3.06. The summed E-state index contributed by atoms with van der Waals surface area (Å²) in [5, 5.41) is 6.50. The number of amides is 1.